The van der Waals surface area contributed by atoms with Crippen LogP contribution in [0.5, 0.6) is 5.75 Å². The number of hydrazine groups is 1. The molecular weight excluding hydrogens is 392 g/mol. The van der Waals surface area contributed by atoms with E-state index in [9.17, 15) is 13.2 Å². The molecule has 3 rings (SSSR count). The SMILES string of the molecule is Cc1nn(C)c(C)c1S(=O)(=O)NNC(=O)COc1ccc(-c2ccccc2)cc1. The van der Waals surface area contributed by atoms with E-state index in [1.165, 1.54) is 4.68 Å². The minimum Gasteiger partial charge on any atom is -0.484 e. The Balaban J connectivity index is 1.55. The Bertz CT molecular complexity index is 1110. The lowest BCUT2D eigenvalue weighted by Crippen LogP contribution is -2.44. The predicted octanol–water partition coefficient (Wildman–Crippen LogP) is 2.09. The molecule has 0 saturated carbocycles. The number of amides is 1. The molecule has 152 valence electrons. The van der Waals surface area contributed by atoms with E-state index < -0.39 is 15.9 Å². The molecule has 0 fully saturated rings. The summed E-state index contributed by atoms with van der Waals surface area (Å²) in [5.74, 6) is -0.124. The van der Waals surface area contributed by atoms with Gasteiger partial charge in [0.05, 0.1) is 11.4 Å². The summed E-state index contributed by atoms with van der Waals surface area (Å²) in [5.41, 5.74) is 5.08. The summed E-state index contributed by atoms with van der Waals surface area (Å²) in [6.45, 7) is 2.89. The van der Waals surface area contributed by atoms with Gasteiger partial charge in [0.2, 0.25) is 0 Å². The minimum absolute atomic E-state index is 0.0396. The molecule has 0 aliphatic carbocycles. The van der Waals surface area contributed by atoms with Crippen LogP contribution < -0.4 is 15.0 Å². The third-order valence-corrected chi connectivity index (χ3v) is 5.87. The average molecular weight is 414 g/mol. The molecule has 9 heteroatoms. The third-order valence-electron chi connectivity index (χ3n) is 4.37. The highest BCUT2D eigenvalue weighted by Gasteiger charge is 2.24. The zero-order valence-electron chi connectivity index (χ0n) is 16.3. The first-order chi connectivity index (χ1) is 13.8. The number of ether oxygens (including phenoxy) is 1. The van der Waals surface area contributed by atoms with Gasteiger partial charge in [-0.15, -0.1) is 4.83 Å². The van der Waals surface area contributed by atoms with Crippen molar-refractivity contribution in [2.24, 2.45) is 7.05 Å². The number of sulfonamides is 1. The highest BCUT2D eigenvalue weighted by molar-refractivity contribution is 7.89. The Morgan fingerprint density at radius 2 is 1.66 bits per heavy atom. The van der Waals surface area contributed by atoms with Gasteiger partial charge in [0, 0.05) is 7.05 Å². The smallest absolute Gasteiger partial charge is 0.272 e. The number of nitrogens with zero attached hydrogens (tertiary/aromatic N) is 2. The molecule has 1 amide bonds. The van der Waals surface area contributed by atoms with Crippen molar-refractivity contribution in [3.05, 3.63) is 66.0 Å². The van der Waals surface area contributed by atoms with Crippen molar-refractivity contribution >= 4 is 15.9 Å². The van der Waals surface area contributed by atoms with Crippen molar-refractivity contribution in [1.29, 1.82) is 0 Å². The Kier molecular flexibility index (Phi) is 6.00. The van der Waals surface area contributed by atoms with Gasteiger partial charge >= 0.3 is 0 Å². The molecule has 2 aromatic carbocycles. The Morgan fingerprint density at radius 3 is 2.24 bits per heavy atom. The van der Waals surface area contributed by atoms with Gasteiger partial charge < -0.3 is 4.74 Å². The third kappa shape index (κ3) is 4.82. The topological polar surface area (TPSA) is 102 Å². The summed E-state index contributed by atoms with van der Waals surface area (Å²) >= 11 is 0. The highest BCUT2D eigenvalue weighted by atomic mass is 32.2. The van der Waals surface area contributed by atoms with E-state index in [0.717, 1.165) is 11.1 Å². The largest absolute Gasteiger partial charge is 0.484 e. The fourth-order valence-electron chi connectivity index (χ4n) is 2.88. The molecule has 8 nitrogen and oxygen atoms in total. The lowest BCUT2D eigenvalue weighted by atomic mass is 10.1. The zero-order chi connectivity index (χ0) is 21.0. The number of hydrogen-bond donors (Lipinski definition) is 2. The second kappa shape index (κ2) is 8.46. The summed E-state index contributed by atoms with van der Waals surface area (Å²) < 4.78 is 31.7. The molecule has 0 aliphatic heterocycles. The number of hydrogen-bond acceptors (Lipinski definition) is 5. The predicted molar refractivity (Wildman–Crippen MR) is 109 cm³/mol. The summed E-state index contributed by atoms with van der Waals surface area (Å²) in [7, 11) is -2.29. The van der Waals surface area contributed by atoms with Crippen LogP contribution in [0.25, 0.3) is 11.1 Å². The normalized spacial score (nSPS) is 11.3. The summed E-state index contributed by atoms with van der Waals surface area (Å²) in [4.78, 5) is 14.1. The molecule has 0 bridgehead atoms. The fraction of sp³-hybridized carbons (Fsp3) is 0.200. The molecular formula is C20H22N4O4S. The molecule has 1 heterocycles. The van der Waals surface area contributed by atoms with E-state index in [2.05, 4.69) is 15.4 Å². The quantitative estimate of drug-likeness (QED) is 0.577. The first-order valence-electron chi connectivity index (χ1n) is 8.87. The highest BCUT2D eigenvalue weighted by Crippen LogP contribution is 2.22. The molecule has 0 atom stereocenters. The first kappa shape index (κ1) is 20.6. The molecule has 1 aromatic heterocycles. The van der Waals surface area contributed by atoms with Gasteiger partial charge in [-0.1, -0.05) is 42.5 Å². The fourth-order valence-corrected chi connectivity index (χ4v) is 4.18. The minimum atomic E-state index is -3.94. The number of carbonyl (C=O) groups is 1. The number of carbonyl (C=O) groups excluding carboxylic acids is 1. The van der Waals surface area contributed by atoms with Gasteiger partial charge in [-0.05, 0) is 37.1 Å². The van der Waals surface area contributed by atoms with Gasteiger partial charge in [0.15, 0.2) is 6.61 Å². The van der Waals surface area contributed by atoms with Crippen molar-refractivity contribution in [3.8, 4) is 16.9 Å². The van der Waals surface area contributed by atoms with Crippen molar-refractivity contribution in [2.75, 3.05) is 6.61 Å². The van der Waals surface area contributed by atoms with Gasteiger partial charge in [0.1, 0.15) is 10.6 Å². The molecule has 0 radical (unpaired) electrons. The van der Waals surface area contributed by atoms with Crippen LogP contribution in [0.3, 0.4) is 0 Å². The summed E-state index contributed by atoms with van der Waals surface area (Å²) in [6.07, 6.45) is 0. The van der Waals surface area contributed by atoms with Crippen LogP contribution in [0.15, 0.2) is 59.5 Å². The molecule has 3 aromatic rings. The summed E-state index contributed by atoms with van der Waals surface area (Å²) in [6, 6.07) is 17.1. The van der Waals surface area contributed by atoms with E-state index in [1.807, 2.05) is 42.5 Å². The molecule has 29 heavy (non-hydrogen) atoms. The maximum Gasteiger partial charge on any atom is 0.272 e. The maximum atomic E-state index is 12.4. The maximum absolute atomic E-state index is 12.4. The van der Waals surface area contributed by atoms with E-state index in [0.29, 0.717) is 17.1 Å². The van der Waals surface area contributed by atoms with Crippen LogP contribution in [-0.4, -0.2) is 30.7 Å². The van der Waals surface area contributed by atoms with Crippen molar-refractivity contribution in [2.45, 2.75) is 18.7 Å². The second-order valence-electron chi connectivity index (χ2n) is 6.46. The molecule has 0 unspecified atom stereocenters. The molecule has 2 N–H and O–H groups in total. The van der Waals surface area contributed by atoms with Crippen molar-refractivity contribution in [1.82, 2.24) is 20.0 Å². The van der Waals surface area contributed by atoms with Gasteiger partial charge in [-0.2, -0.15) is 5.10 Å². The molecule has 0 saturated heterocycles. The van der Waals surface area contributed by atoms with Crippen molar-refractivity contribution in [3.63, 3.8) is 0 Å². The lowest BCUT2D eigenvalue weighted by molar-refractivity contribution is -0.123. The van der Waals surface area contributed by atoms with Crippen LogP contribution in [0, 0.1) is 13.8 Å². The van der Waals surface area contributed by atoms with Crippen LogP contribution in [0.2, 0.25) is 0 Å². The summed E-state index contributed by atoms with van der Waals surface area (Å²) in [5, 5.41) is 4.07. The van der Waals surface area contributed by atoms with Gasteiger partial charge in [-0.3, -0.25) is 14.9 Å². The Labute approximate surface area is 169 Å². The molecule has 0 spiro atoms. The number of aryl methyl sites for hydroxylation is 2. The van der Waals surface area contributed by atoms with Crippen LogP contribution in [0.1, 0.15) is 11.4 Å². The Morgan fingerprint density at radius 1 is 1.03 bits per heavy atom. The van der Waals surface area contributed by atoms with Crippen LogP contribution in [0.4, 0.5) is 0 Å². The van der Waals surface area contributed by atoms with E-state index in [-0.39, 0.29) is 11.5 Å². The van der Waals surface area contributed by atoms with Crippen LogP contribution >= 0.6 is 0 Å². The Hall–Kier alpha value is -3.17. The average Bonchev–Trinajstić information content (AvgIpc) is 2.98. The van der Waals surface area contributed by atoms with E-state index in [4.69, 9.17) is 4.74 Å². The standard InChI is InChI=1S/C20H22N4O4S/c1-14-20(15(2)24(3)22-14)29(26,27)23-21-19(25)13-28-18-11-9-17(10-12-18)16-7-5-4-6-8-16/h4-12,23H,13H2,1-3H3,(H,21,25). The number of aromatic nitrogens is 2. The van der Waals surface area contributed by atoms with Gasteiger partial charge in [-0.25, -0.2) is 8.42 Å². The van der Waals surface area contributed by atoms with Crippen LogP contribution in [-0.2, 0) is 21.9 Å². The number of nitrogens with one attached hydrogen (secondary N) is 2. The monoisotopic (exact) mass is 414 g/mol. The molecule has 0 aliphatic rings. The van der Waals surface area contributed by atoms with Crippen molar-refractivity contribution < 1.29 is 17.9 Å². The number of rotatable bonds is 7. The van der Waals surface area contributed by atoms with Gasteiger partial charge in [0.25, 0.3) is 15.9 Å². The lowest BCUT2D eigenvalue weighted by Gasteiger charge is -2.10. The number of benzene rings is 2. The zero-order valence-corrected chi connectivity index (χ0v) is 17.2. The second-order valence-corrected chi connectivity index (χ2v) is 8.08. The van der Waals surface area contributed by atoms with E-state index >= 15 is 0 Å². The van der Waals surface area contributed by atoms with E-state index in [1.54, 1.807) is 33.0 Å². The first-order valence-corrected chi connectivity index (χ1v) is 10.4.